The average molecular weight is 330 g/mol. The molecule has 3 aromatic carbocycles. The summed E-state index contributed by atoms with van der Waals surface area (Å²) in [5.74, 6) is 0. The average Bonchev–Trinajstić information content (AvgIpc) is 2.94. The van der Waals surface area contributed by atoms with Crippen molar-refractivity contribution in [1.29, 1.82) is 0 Å². The van der Waals surface area contributed by atoms with Gasteiger partial charge in [0.2, 0.25) is 0 Å². The fourth-order valence-corrected chi connectivity index (χ4v) is 4.41. The van der Waals surface area contributed by atoms with Gasteiger partial charge in [-0.3, -0.25) is 0 Å². The molecule has 0 amide bonds. The Balaban J connectivity index is 2.02. The summed E-state index contributed by atoms with van der Waals surface area (Å²) in [4.78, 5) is 1.25. The normalized spacial score (nSPS) is 13.0. The van der Waals surface area contributed by atoms with Gasteiger partial charge >= 0.3 is 0 Å². The zero-order valence-corrected chi connectivity index (χ0v) is 14.0. The van der Waals surface area contributed by atoms with E-state index in [4.69, 9.17) is 12.2 Å². The molecular weight excluding hydrogens is 316 g/mol. The molecule has 0 unspecified atom stereocenters. The number of thiocarbonyl (C=S) groups is 1. The monoisotopic (exact) mass is 330 g/mol. The molecule has 23 heavy (non-hydrogen) atoms. The van der Waals surface area contributed by atoms with Crippen LogP contribution in [0.3, 0.4) is 0 Å². The Morgan fingerprint density at radius 2 is 1.09 bits per heavy atom. The SMILES string of the molecule is S=C1SC(=C(c2ccccc2)c2ccccc2)c2ccccc21. The van der Waals surface area contributed by atoms with E-state index in [1.54, 1.807) is 11.8 Å². The van der Waals surface area contributed by atoms with Gasteiger partial charge in [0.05, 0.1) is 4.20 Å². The molecule has 0 nitrogen and oxygen atoms in total. The molecule has 0 saturated heterocycles. The first-order chi connectivity index (χ1) is 11.3. The van der Waals surface area contributed by atoms with E-state index in [9.17, 15) is 0 Å². The molecule has 0 N–H and O–H groups in total. The second kappa shape index (κ2) is 6.15. The van der Waals surface area contributed by atoms with E-state index >= 15 is 0 Å². The molecular formula is C21H14S2. The maximum absolute atomic E-state index is 5.60. The van der Waals surface area contributed by atoms with Crippen molar-refractivity contribution in [3.8, 4) is 0 Å². The minimum atomic E-state index is 0.958. The fraction of sp³-hybridized carbons (Fsp3) is 0. The number of hydrogen-bond acceptors (Lipinski definition) is 2. The van der Waals surface area contributed by atoms with Crippen LogP contribution in [-0.4, -0.2) is 4.20 Å². The Labute approximate surface area is 145 Å². The molecule has 0 aliphatic carbocycles. The largest absolute Gasteiger partial charge is 0.0832 e. The molecule has 0 bridgehead atoms. The molecule has 4 rings (SSSR count). The summed E-state index contributed by atoms with van der Waals surface area (Å²) in [5.41, 5.74) is 6.11. The minimum Gasteiger partial charge on any atom is -0.0763 e. The van der Waals surface area contributed by atoms with E-state index in [1.165, 1.54) is 32.7 Å². The second-order valence-corrected chi connectivity index (χ2v) is 7.06. The van der Waals surface area contributed by atoms with Gasteiger partial charge in [0.25, 0.3) is 0 Å². The van der Waals surface area contributed by atoms with Gasteiger partial charge < -0.3 is 0 Å². The van der Waals surface area contributed by atoms with Crippen LogP contribution in [0, 0.1) is 0 Å². The quantitative estimate of drug-likeness (QED) is 0.526. The first-order valence-electron chi connectivity index (χ1n) is 7.51. The van der Waals surface area contributed by atoms with Gasteiger partial charge in [-0.15, -0.1) is 0 Å². The molecule has 1 aliphatic heterocycles. The zero-order chi connectivity index (χ0) is 15.6. The van der Waals surface area contributed by atoms with Crippen LogP contribution in [0.4, 0.5) is 0 Å². The molecule has 2 heteroatoms. The van der Waals surface area contributed by atoms with Crippen molar-refractivity contribution in [3.63, 3.8) is 0 Å². The van der Waals surface area contributed by atoms with Crippen LogP contribution < -0.4 is 0 Å². The Morgan fingerprint density at radius 3 is 1.65 bits per heavy atom. The Morgan fingerprint density at radius 1 is 0.609 bits per heavy atom. The standard InChI is InChI=1S/C21H14S2/c22-21-18-14-8-7-13-17(18)20(23-21)19(15-9-3-1-4-10-15)16-11-5-2-6-12-16/h1-14H. The predicted molar refractivity (Wildman–Crippen MR) is 105 cm³/mol. The summed E-state index contributed by atoms with van der Waals surface area (Å²) in [5, 5.41) is 0. The molecule has 1 aliphatic rings. The molecule has 3 aromatic rings. The molecule has 1 heterocycles. The zero-order valence-electron chi connectivity index (χ0n) is 12.4. The summed E-state index contributed by atoms with van der Waals surface area (Å²) >= 11 is 7.30. The smallest absolute Gasteiger partial charge is 0.0763 e. The van der Waals surface area contributed by atoms with Crippen molar-refractivity contribution in [3.05, 3.63) is 107 Å². The molecule has 0 atom stereocenters. The van der Waals surface area contributed by atoms with Crippen molar-refractivity contribution in [2.24, 2.45) is 0 Å². The van der Waals surface area contributed by atoms with E-state index in [-0.39, 0.29) is 0 Å². The second-order valence-electron chi connectivity index (χ2n) is 5.37. The highest BCUT2D eigenvalue weighted by Gasteiger charge is 2.25. The maximum atomic E-state index is 5.60. The number of hydrogen-bond donors (Lipinski definition) is 0. The van der Waals surface area contributed by atoms with Gasteiger partial charge in [-0.05, 0) is 16.7 Å². The van der Waals surface area contributed by atoms with Crippen molar-refractivity contribution in [2.45, 2.75) is 0 Å². The highest BCUT2D eigenvalue weighted by molar-refractivity contribution is 8.30. The third-order valence-corrected chi connectivity index (χ3v) is 5.44. The van der Waals surface area contributed by atoms with Crippen LogP contribution in [0.5, 0.6) is 0 Å². The number of thioether (sulfide) groups is 1. The van der Waals surface area contributed by atoms with E-state index in [2.05, 4.69) is 84.9 Å². The molecule has 0 radical (unpaired) electrons. The van der Waals surface area contributed by atoms with Crippen molar-refractivity contribution in [1.82, 2.24) is 0 Å². The van der Waals surface area contributed by atoms with Crippen LogP contribution in [-0.2, 0) is 0 Å². The van der Waals surface area contributed by atoms with Gasteiger partial charge in [-0.1, -0.05) is 109 Å². The third-order valence-electron chi connectivity index (χ3n) is 3.94. The van der Waals surface area contributed by atoms with E-state index in [0.29, 0.717) is 0 Å². The summed E-state index contributed by atoms with van der Waals surface area (Å²) in [6, 6.07) is 29.5. The molecule has 0 aromatic heterocycles. The Kier molecular flexibility index (Phi) is 3.86. The molecule has 0 fully saturated rings. The van der Waals surface area contributed by atoms with Crippen LogP contribution in [0.2, 0.25) is 0 Å². The predicted octanol–water partition coefficient (Wildman–Crippen LogP) is 6.03. The highest BCUT2D eigenvalue weighted by atomic mass is 32.2. The van der Waals surface area contributed by atoms with Crippen LogP contribution in [0.1, 0.15) is 22.3 Å². The fourth-order valence-electron chi connectivity index (χ4n) is 2.89. The molecule has 0 saturated carbocycles. The van der Waals surface area contributed by atoms with Crippen LogP contribution in [0.15, 0.2) is 84.9 Å². The van der Waals surface area contributed by atoms with Crippen molar-refractivity contribution in [2.75, 3.05) is 0 Å². The molecule has 0 spiro atoms. The number of rotatable bonds is 2. The van der Waals surface area contributed by atoms with Gasteiger partial charge in [0.15, 0.2) is 0 Å². The van der Waals surface area contributed by atoms with Crippen molar-refractivity contribution < 1.29 is 0 Å². The van der Waals surface area contributed by atoms with Gasteiger partial charge in [-0.2, -0.15) is 0 Å². The number of fused-ring (bicyclic) bond motifs is 1. The van der Waals surface area contributed by atoms with Crippen LogP contribution in [0.25, 0.3) is 10.5 Å². The lowest BCUT2D eigenvalue weighted by Crippen LogP contribution is -1.91. The lowest BCUT2D eigenvalue weighted by atomic mass is 9.94. The number of benzene rings is 3. The summed E-state index contributed by atoms with van der Waals surface area (Å²) in [6.45, 7) is 0. The van der Waals surface area contributed by atoms with E-state index in [1.807, 2.05) is 0 Å². The highest BCUT2D eigenvalue weighted by Crippen LogP contribution is 2.47. The molecule has 110 valence electrons. The Hall–Kier alpha value is -2.16. The topological polar surface area (TPSA) is 0 Å². The summed E-state index contributed by atoms with van der Waals surface area (Å²) in [6.07, 6.45) is 0. The lowest BCUT2D eigenvalue weighted by Gasteiger charge is -2.12. The van der Waals surface area contributed by atoms with Gasteiger partial charge in [-0.25, -0.2) is 0 Å². The minimum absolute atomic E-state index is 0.958. The first-order valence-corrected chi connectivity index (χ1v) is 8.74. The van der Waals surface area contributed by atoms with Crippen molar-refractivity contribution >= 4 is 38.7 Å². The third kappa shape index (κ3) is 2.65. The first kappa shape index (κ1) is 14.4. The van der Waals surface area contributed by atoms with Gasteiger partial charge in [0.1, 0.15) is 0 Å². The summed E-state index contributed by atoms with van der Waals surface area (Å²) < 4.78 is 0.958. The van der Waals surface area contributed by atoms with E-state index < -0.39 is 0 Å². The van der Waals surface area contributed by atoms with Crippen LogP contribution >= 0.6 is 24.0 Å². The van der Waals surface area contributed by atoms with Gasteiger partial charge in [0, 0.05) is 16.0 Å². The Bertz CT molecular complexity index is 852. The van der Waals surface area contributed by atoms with E-state index in [0.717, 1.165) is 4.20 Å². The summed E-state index contributed by atoms with van der Waals surface area (Å²) in [7, 11) is 0. The lowest BCUT2D eigenvalue weighted by molar-refractivity contribution is 1.55. The maximum Gasteiger partial charge on any atom is 0.0832 e.